The molecule has 0 radical (unpaired) electrons. The van der Waals surface area contributed by atoms with Gasteiger partial charge < -0.3 is 15.2 Å². The van der Waals surface area contributed by atoms with E-state index in [2.05, 4.69) is 4.99 Å². The lowest BCUT2D eigenvalue weighted by Crippen LogP contribution is -2.10. The Morgan fingerprint density at radius 1 is 1.24 bits per heavy atom. The molecule has 0 amide bonds. The van der Waals surface area contributed by atoms with Crippen LogP contribution in [0, 0.1) is 0 Å². The second-order valence-corrected chi connectivity index (χ2v) is 7.18. The molecule has 2 aromatic rings. The number of nitrogens with zero attached hydrogens (tertiary/aromatic N) is 1. The second-order valence-electron chi connectivity index (χ2n) is 5.80. The molecule has 1 atom stereocenters. The number of nitrogen functional groups attached to an aromatic ring is 1. The first-order valence-corrected chi connectivity index (χ1v) is 9.89. The van der Waals surface area contributed by atoms with Gasteiger partial charge in [-0.05, 0) is 37.3 Å². The van der Waals surface area contributed by atoms with Crippen LogP contribution in [0.3, 0.4) is 0 Å². The minimum absolute atomic E-state index is 0.000178. The quantitative estimate of drug-likeness (QED) is 0.426. The van der Waals surface area contributed by atoms with Crippen LogP contribution in [0.25, 0.3) is 0 Å². The Morgan fingerprint density at radius 2 is 1.93 bits per heavy atom. The third kappa shape index (κ3) is 5.35. The van der Waals surface area contributed by atoms with E-state index in [4.69, 9.17) is 15.2 Å². The summed E-state index contributed by atoms with van der Waals surface area (Å²) in [6.07, 6.45) is -2.17. The van der Waals surface area contributed by atoms with E-state index in [0.717, 1.165) is 12.1 Å². The van der Waals surface area contributed by atoms with Gasteiger partial charge >= 0.3 is 12.1 Å². The Morgan fingerprint density at radius 3 is 2.48 bits per heavy atom. The number of esters is 1. The Kier molecular flexibility index (Phi) is 7.02. The Labute approximate surface area is 168 Å². The van der Waals surface area contributed by atoms with Gasteiger partial charge in [-0.25, -0.2) is 4.79 Å². The Bertz CT molecular complexity index is 975. The molecule has 0 saturated carbocycles. The first-order valence-electron chi connectivity index (χ1n) is 8.33. The van der Waals surface area contributed by atoms with E-state index in [1.807, 2.05) is 0 Å². The number of halogens is 3. The number of hydrogen-bond acceptors (Lipinski definition) is 6. The predicted molar refractivity (Wildman–Crippen MR) is 104 cm³/mol. The summed E-state index contributed by atoms with van der Waals surface area (Å²) in [6, 6.07) is 5.66. The number of aliphatic imine (C=N–C) groups is 1. The van der Waals surface area contributed by atoms with E-state index in [9.17, 15) is 22.2 Å². The van der Waals surface area contributed by atoms with E-state index in [0.29, 0.717) is 0 Å². The van der Waals surface area contributed by atoms with E-state index in [-0.39, 0.29) is 34.1 Å². The van der Waals surface area contributed by atoms with Crippen molar-refractivity contribution >= 4 is 28.7 Å². The molecule has 2 N–H and O–H groups in total. The van der Waals surface area contributed by atoms with Gasteiger partial charge in [0.2, 0.25) is 0 Å². The van der Waals surface area contributed by atoms with Crippen LogP contribution >= 0.6 is 0 Å². The fourth-order valence-corrected chi connectivity index (χ4v) is 2.99. The predicted octanol–water partition coefficient (Wildman–Crippen LogP) is 4.04. The Hall–Kier alpha value is -2.88. The topological polar surface area (TPSA) is 91.0 Å². The average Bonchev–Trinajstić information content (AvgIpc) is 2.63. The standard InChI is InChI=1S/C19H19F3N2O4S/c1-4-27-18(25)11-7-15(23)13(10-24-2)17(8-11)28-16-6-5-12(29(3)26)9-14(16)19(20,21)22/h5-10H,4,23H2,1-3H3. The molecule has 0 bridgehead atoms. The van der Waals surface area contributed by atoms with Crippen LogP contribution in [-0.4, -0.2) is 36.3 Å². The summed E-state index contributed by atoms with van der Waals surface area (Å²) in [4.78, 5) is 15.9. The number of rotatable bonds is 6. The molecule has 2 aromatic carbocycles. The summed E-state index contributed by atoms with van der Waals surface area (Å²) in [5.74, 6) is -1.33. The van der Waals surface area contributed by atoms with E-state index >= 15 is 0 Å². The number of hydrogen-bond donors (Lipinski definition) is 1. The maximum absolute atomic E-state index is 13.5. The molecule has 2 rings (SSSR count). The monoisotopic (exact) mass is 428 g/mol. The number of alkyl halides is 3. The van der Waals surface area contributed by atoms with Gasteiger partial charge in [0.05, 0.1) is 23.3 Å². The van der Waals surface area contributed by atoms with Crippen molar-refractivity contribution in [2.75, 3.05) is 25.6 Å². The summed E-state index contributed by atoms with van der Waals surface area (Å²) in [5.41, 5.74) is 5.14. The van der Waals surface area contributed by atoms with E-state index in [1.54, 1.807) is 6.92 Å². The van der Waals surface area contributed by atoms with Gasteiger partial charge in [0.25, 0.3) is 0 Å². The van der Waals surface area contributed by atoms with Crippen molar-refractivity contribution in [3.8, 4) is 11.5 Å². The smallest absolute Gasteiger partial charge is 0.420 e. The molecule has 0 aliphatic carbocycles. The molecule has 156 valence electrons. The molecule has 29 heavy (non-hydrogen) atoms. The van der Waals surface area contributed by atoms with Crippen molar-refractivity contribution in [1.29, 1.82) is 0 Å². The minimum Gasteiger partial charge on any atom is -0.462 e. The average molecular weight is 428 g/mol. The van der Waals surface area contributed by atoms with E-state index < -0.39 is 34.3 Å². The van der Waals surface area contributed by atoms with Gasteiger partial charge in [0, 0.05) is 40.9 Å². The highest BCUT2D eigenvalue weighted by molar-refractivity contribution is 7.84. The van der Waals surface area contributed by atoms with Gasteiger partial charge in [-0.1, -0.05) is 0 Å². The molecule has 0 spiro atoms. The van der Waals surface area contributed by atoms with Crippen molar-refractivity contribution in [2.24, 2.45) is 4.99 Å². The first kappa shape index (κ1) is 22.4. The second kappa shape index (κ2) is 9.08. The van der Waals surface area contributed by atoms with Crippen molar-refractivity contribution in [2.45, 2.75) is 18.0 Å². The lowest BCUT2D eigenvalue weighted by molar-refractivity contribution is -0.138. The minimum atomic E-state index is -4.76. The molecule has 1 unspecified atom stereocenters. The normalized spacial score (nSPS) is 12.8. The molecule has 10 heteroatoms. The molecule has 0 saturated heterocycles. The fourth-order valence-electron chi connectivity index (χ4n) is 2.45. The zero-order chi connectivity index (χ0) is 21.8. The number of carbonyl (C=O) groups excluding carboxylic acids is 1. The molecule has 6 nitrogen and oxygen atoms in total. The lowest BCUT2D eigenvalue weighted by atomic mass is 10.1. The van der Waals surface area contributed by atoms with Gasteiger partial charge in [0.15, 0.2) is 0 Å². The highest BCUT2D eigenvalue weighted by Gasteiger charge is 2.35. The zero-order valence-electron chi connectivity index (χ0n) is 15.9. The SMILES string of the molecule is CCOC(=O)c1cc(N)c(C=NC)c(Oc2ccc(S(C)=O)cc2C(F)(F)F)c1. The number of carbonyl (C=O) groups is 1. The van der Waals surface area contributed by atoms with Crippen LogP contribution in [0.5, 0.6) is 11.5 Å². The number of benzene rings is 2. The van der Waals surface area contributed by atoms with Crippen LogP contribution in [-0.2, 0) is 21.7 Å². The highest BCUT2D eigenvalue weighted by Crippen LogP contribution is 2.40. The van der Waals surface area contributed by atoms with Gasteiger partial charge in [-0.15, -0.1) is 0 Å². The largest absolute Gasteiger partial charge is 0.462 e. The molecule has 0 aliphatic heterocycles. The maximum Gasteiger partial charge on any atom is 0.420 e. The molecule has 0 aliphatic rings. The number of ether oxygens (including phenoxy) is 2. The number of anilines is 1. The van der Waals surface area contributed by atoms with Gasteiger partial charge in [0.1, 0.15) is 11.5 Å². The summed E-state index contributed by atoms with van der Waals surface area (Å²) in [5, 5.41) is 0. The van der Waals surface area contributed by atoms with Crippen LogP contribution in [0.4, 0.5) is 18.9 Å². The third-order valence-electron chi connectivity index (χ3n) is 3.75. The van der Waals surface area contributed by atoms with Crippen molar-refractivity contribution < 1.29 is 31.6 Å². The van der Waals surface area contributed by atoms with Crippen molar-refractivity contribution in [1.82, 2.24) is 0 Å². The molecule has 0 aromatic heterocycles. The van der Waals surface area contributed by atoms with Crippen LogP contribution < -0.4 is 10.5 Å². The van der Waals surface area contributed by atoms with Crippen molar-refractivity contribution in [3.05, 3.63) is 47.0 Å². The Balaban J connectivity index is 2.63. The summed E-state index contributed by atoms with van der Waals surface area (Å²) in [7, 11) is -0.157. The molecule has 0 fully saturated rings. The molecular formula is C19H19F3N2O4S. The van der Waals surface area contributed by atoms with Crippen LogP contribution in [0.1, 0.15) is 28.4 Å². The third-order valence-corrected chi connectivity index (χ3v) is 4.67. The molecular weight excluding hydrogens is 409 g/mol. The van der Waals surface area contributed by atoms with Crippen molar-refractivity contribution in [3.63, 3.8) is 0 Å². The summed E-state index contributed by atoms with van der Waals surface area (Å²) < 4.78 is 62.6. The zero-order valence-corrected chi connectivity index (χ0v) is 16.7. The summed E-state index contributed by atoms with van der Waals surface area (Å²) >= 11 is 0. The highest BCUT2D eigenvalue weighted by atomic mass is 32.2. The summed E-state index contributed by atoms with van der Waals surface area (Å²) in [6.45, 7) is 1.73. The van der Waals surface area contributed by atoms with Gasteiger partial charge in [-0.2, -0.15) is 13.2 Å². The maximum atomic E-state index is 13.5. The fraction of sp³-hybridized carbons (Fsp3) is 0.263. The van der Waals surface area contributed by atoms with Gasteiger partial charge in [-0.3, -0.25) is 9.20 Å². The van der Waals surface area contributed by atoms with E-state index in [1.165, 1.54) is 37.7 Å². The van der Waals surface area contributed by atoms with Crippen LogP contribution in [0.2, 0.25) is 0 Å². The van der Waals surface area contributed by atoms with Crippen LogP contribution in [0.15, 0.2) is 40.2 Å². The lowest BCUT2D eigenvalue weighted by Gasteiger charge is -2.17. The molecule has 0 heterocycles. The first-order chi connectivity index (χ1) is 13.6. The number of nitrogens with two attached hydrogens (primary N) is 1.